The van der Waals surface area contributed by atoms with Crippen molar-refractivity contribution in [1.29, 1.82) is 0 Å². The maximum absolute atomic E-state index is 10.6. The van der Waals surface area contributed by atoms with Crippen molar-refractivity contribution in [1.82, 2.24) is 0 Å². The molecule has 0 spiro atoms. The van der Waals surface area contributed by atoms with Crippen LogP contribution in [0.2, 0.25) is 0 Å². The van der Waals surface area contributed by atoms with Gasteiger partial charge < -0.3 is 0 Å². The molecule has 0 fully saturated rings. The van der Waals surface area contributed by atoms with Gasteiger partial charge >= 0.3 is 4.27 Å². The molecule has 0 radical (unpaired) electrons. The van der Waals surface area contributed by atoms with Crippen LogP contribution in [0.1, 0.15) is 12.5 Å². The van der Waals surface area contributed by atoms with E-state index in [1.54, 1.807) is 6.92 Å². The first-order chi connectivity index (χ1) is 7.27. The molecule has 1 heterocycles. The number of hydrogen-bond donors (Lipinski definition) is 0. The first-order valence-electron chi connectivity index (χ1n) is 4.38. The zero-order chi connectivity index (χ0) is 12.0. The van der Waals surface area contributed by atoms with Crippen molar-refractivity contribution in [3.63, 3.8) is 0 Å². The van der Waals surface area contributed by atoms with E-state index in [-0.39, 0.29) is 0 Å². The Balaban J connectivity index is 2.21. The van der Waals surface area contributed by atoms with E-state index < -0.39 is 14.5 Å². The molecule has 4 nitrogen and oxygen atoms in total. The third kappa shape index (κ3) is 2.84. The van der Waals surface area contributed by atoms with Crippen molar-refractivity contribution in [2.24, 2.45) is 0 Å². The lowest BCUT2D eigenvalue weighted by Crippen LogP contribution is -2.63. The molecule has 1 atom stereocenters. The lowest BCUT2D eigenvalue weighted by Gasteiger charge is -2.20. The van der Waals surface area contributed by atoms with Gasteiger partial charge in [0.25, 0.3) is 0 Å². The Morgan fingerprint density at radius 1 is 1.19 bits per heavy atom. The average molecular weight is 281 g/mol. The van der Waals surface area contributed by atoms with Gasteiger partial charge in [-0.1, -0.05) is 29.6 Å². The number of thioether (sulfide) groups is 2. The van der Waals surface area contributed by atoms with Crippen LogP contribution in [0.25, 0.3) is 0 Å². The van der Waals surface area contributed by atoms with Gasteiger partial charge in [-0.05, 0) is 24.6 Å². The van der Waals surface area contributed by atoms with Crippen LogP contribution in [-0.4, -0.2) is 4.27 Å². The standard InChI is InChI=1S/C9H9ClO4S2/c1-6-3-4-7-8(5-6)16-9(2,15-7)14-10(11,12)13/h3-5H,1-2H3. The maximum atomic E-state index is 10.6. The first kappa shape index (κ1) is 12.5. The molecule has 1 unspecified atom stereocenters. The Morgan fingerprint density at radius 3 is 2.44 bits per heavy atom. The summed E-state index contributed by atoms with van der Waals surface area (Å²) < 4.78 is 35.2. The monoisotopic (exact) mass is 280 g/mol. The molecule has 0 N–H and O–H groups in total. The van der Waals surface area contributed by atoms with Crippen molar-refractivity contribution < 1.29 is 28.5 Å². The van der Waals surface area contributed by atoms with Gasteiger partial charge in [0.2, 0.25) is 0 Å². The van der Waals surface area contributed by atoms with Crippen LogP contribution >= 0.6 is 23.5 Å². The van der Waals surface area contributed by atoms with Gasteiger partial charge in [-0.15, -0.1) is 0 Å². The number of fused-ring (bicyclic) bond motifs is 1. The average Bonchev–Trinajstić information content (AvgIpc) is 2.35. The highest BCUT2D eigenvalue weighted by molar-refractivity contribution is 8.20. The minimum Gasteiger partial charge on any atom is -0.183 e. The van der Waals surface area contributed by atoms with Crippen LogP contribution < -0.4 is 14.0 Å². The number of hydrogen-bond acceptors (Lipinski definition) is 6. The normalized spacial score (nSPS) is 24.6. The van der Waals surface area contributed by atoms with Crippen LogP contribution in [-0.2, 0) is 4.29 Å². The molecule has 1 aromatic rings. The summed E-state index contributed by atoms with van der Waals surface area (Å²) in [5.74, 6) is 0. The number of halogens is 1. The van der Waals surface area contributed by atoms with Gasteiger partial charge in [-0.3, -0.25) is 0 Å². The molecule has 0 amide bonds. The molecule has 1 aliphatic rings. The summed E-state index contributed by atoms with van der Waals surface area (Å²) >= 11 is 2.46. The smallest absolute Gasteiger partial charge is 0.183 e. The highest BCUT2D eigenvalue weighted by atomic mass is 35.7. The zero-order valence-corrected chi connectivity index (χ0v) is 10.9. The predicted molar refractivity (Wildman–Crippen MR) is 52.4 cm³/mol. The van der Waals surface area contributed by atoms with Crippen LogP contribution in [0.5, 0.6) is 0 Å². The predicted octanol–water partition coefficient (Wildman–Crippen LogP) is -0.220. The zero-order valence-electron chi connectivity index (χ0n) is 8.56. The fourth-order valence-electron chi connectivity index (χ4n) is 1.40. The fraction of sp³-hybridized carbons (Fsp3) is 0.333. The van der Waals surface area contributed by atoms with Crippen molar-refractivity contribution in [3.05, 3.63) is 23.8 Å². The van der Waals surface area contributed by atoms with Gasteiger partial charge in [0.05, 0.1) is 14.5 Å². The van der Waals surface area contributed by atoms with E-state index in [0.29, 0.717) is 0 Å². The summed E-state index contributed by atoms with van der Waals surface area (Å²) in [4.78, 5) is 1.86. The van der Waals surface area contributed by atoms with E-state index in [2.05, 4.69) is 4.29 Å². The lowest BCUT2D eigenvalue weighted by atomic mass is 10.2. The molecule has 0 aromatic heterocycles. The highest BCUT2D eigenvalue weighted by Gasteiger charge is 2.48. The molecule has 7 heteroatoms. The van der Waals surface area contributed by atoms with E-state index in [0.717, 1.165) is 15.4 Å². The van der Waals surface area contributed by atoms with Crippen LogP contribution in [0.3, 0.4) is 0 Å². The Bertz CT molecular complexity index is 420. The van der Waals surface area contributed by atoms with E-state index in [4.69, 9.17) is 0 Å². The summed E-state index contributed by atoms with van der Waals surface area (Å²) in [5.41, 5.74) is 1.08. The third-order valence-electron chi connectivity index (χ3n) is 1.92. The topological polar surface area (TPSA) is 78.4 Å². The van der Waals surface area contributed by atoms with Gasteiger partial charge in [0.1, 0.15) is 0 Å². The summed E-state index contributed by atoms with van der Waals surface area (Å²) in [6.45, 7) is 3.52. The van der Waals surface area contributed by atoms with Crippen molar-refractivity contribution in [2.45, 2.75) is 27.9 Å². The second kappa shape index (κ2) is 4.06. The van der Waals surface area contributed by atoms with Crippen LogP contribution in [0.15, 0.2) is 28.0 Å². The molecule has 2 rings (SSSR count). The van der Waals surface area contributed by atoms with Crippen LogP contribution in [0, 0.1) is 17.2 Å². The summed E-state index contributed by atoms with van der Waals surface area (Å²) in [5, 5.41) is 0. The number of aryl methyl sites for hydroxylation is 1. The third-order valence-corrected chi connectivity index (χ3v) is 5.28. The second-order valence-corrected chi connectivity index (χ2v) is 7.49. The van der Waals surface area contributed by atoms with E-state index >= 15 is 0 Å². The van der Waals surface area contributed by atoms with E-state index in [1.807, 2.05) is 25.1 Å². The van der Waals surface area contributed by atoms with Gasteiger partial charge in [-0.2, -0.15) is 14.0 Å². The summed E-state index contributed by atoms with van der Waals surface area (Å²) in [7, 11) is -4.41. The summed E-state index contributed by atoms with van der Waals surface area (Å²) in [6, 6.07) is 5.77. The van der Waals surface area contributed by atoms with Crippen LogP contribution in [0.4, 0.5) is 0 Å². The van der Waals surface area contributed by atoms with Gasteiger partial charge in [0.15, 0.2) is 0 Å². The van der Waals surface area contributed by atoms with Crippen molar-refractivity contribution >= 4 is 23.5 Å². The molecular formula is C9H9ClO4S2. The molecule has 0 bridgehead atoms. The lowest BCUT2D eigenvalue weighted by molar-refractivity contribution is -1.92. The number of rotatable bonds is 2. The number of benzene rings is 1. The molecule has 0 saturated carbocycles. The van der Waals surface area contributed by atoms with Gasteiger partial charge in [0, 0.05) is 16.7 Å². The van der Waals surface area contributed by atoms with Crippen molar-refractivity contribution in [3.8, 4) is 0 Å². The second-order valence-electron chi connectivity index (χ2n) is 3.47. The Labute approximate surface area is 104 Å². The molecule has 16 heavy (non-hydrogen) atoms. The minimum absolute atomic E-state index is 0.928. The maximum Gasteiger partial charge on any atom is 0.321 e. The van der Waals surface area contributed by atoms with E-state index in [9.17, 15) is 14.0 Å². The van der Waals surface area contributed by atoms with Crippen molar-refractivity contribution in [2.75, 3.05) is 0 Å². The van der Waals surface area contributed by atoms with Gasteiger partial charge in [-0.25, -0.2) is 0 Å². The SMILES string of the molecule is Cc1ccc2c(c1)SC(C)(O[Cl+3]([O-])([O-])[O-])S2. The van der Waals surface area contributed by atoms with E-state index in [1.165, 1.54) is 23.5 Å². The quantitative estimate of drug-likeness (QED) is 0.745. The molecule has 88 valence electrons. The highest BCUT2D eigenvalue weighted by Crippen LogP contribution is 2.56. The molecule has 1 aliphatic heterocycles. The molecule has 0 saturated heterocycles. The largest absolute Gasteiger partial charge is 0.321 e. The first-order valence-corrected chi connectivity index (χ1v) is 7.24. The Kier molecular flexibility index (Phi) is 3.17. The Morgan fingerprint density at radius 2 is 1.81 bits per heavy atom. The molecule has 0 aliphatic carbocycles. The Hall–Kier alpha value is 0.0500. The molecular weight excluding hydrogens is 272 g/mol. The summed E-state index contributed by atoms with van der Waals surface area (Å²) in [6.07, 6.45) is 0. The minimum atomic E-state index is -4.41. The fourth-order valence-corrected chi connectivity index (χ4v) is 4.92. The molecule has 1 aromatic carbocycles.